The van der Waals surface area contributed by atoms with E-state index in [-0.39, 0.29) is 0 Å². The van der Waals surface area contributed by atoms with Crippen LogP contribution in [0.2, 0.25) is 0 Å². The first-order chi connectivity index (χ1) is 7.81. The molecule has 0 saturated heterocycles. The number of amides is 1. The largest absolute Gasteiger partial charge is 0.384 e. The van der Waals surface area contributed by atoms with Gasteiger partial charge in [0.05, 0.1) is 17.1 Å². The number of nitrogen functional groups attached to an aromatic ring is 1. The molecule has 1 aromatic heterocycles. The number of carbonyl (C=O) groups is 1. The summed E-state index contributed by atoms with van der Waals surface area (Å²) in [5.41, 5.74) is 5.80. The molecule has 0 aliphatic carbocycles. The molecule has 0 atom stereocenters. The van der Waals surface area contributed by atoms with Crippen LogP contribution in [-0.2, 0) is 14.6 Å². The van der Waals surface area contributed by atoms with Crippen LogP contribution in [0.5, 0.6) is 0 Å². The number of anilines is 2. The Morgan fingerprint density at radius 2 is 2.12 bits per heavy atom. The van der Waals surface area contributed by atoms with Crippen LogP contribution in [0.25, 0.3) is 0 Å². The lowest BCUT2D eigenvalue weighted by molar-refractivity contribution is -0.113. The Hall–Kier alpha value is -1.63. The van der Waals surface area contributed by atoms with Crippen molar-refractivity contribution in [3.05, 3.63) is 18.3 Å². The molecular weight excluding hydrogens is 242 g/mol. The van der Waals surface area contributed by atoms with Crippen LogP contribution in [0.1, 0.15) is 13.8 Å². The minimum atomic E-state index is -3.38. The van der Waals surface area contributed by atoms with Gasteiger partial charge in [-0.05, 0) is 26.0 Å². The molecule has 0 aromatic carbocycles. The van der Waals surface area contributed by atoms with Crippen molar-refractivity contribution in [3.63, 3.8) is 0 Å². The first-order valence-electron chi connectivity index (χ1n) is 5.04. The van der Waals surface area contributed by atoms with E-state index in [0.29, 0.717) is 11.5 Å². The maximum absolute atomic E-state index is 11.5. The second kappa shape index (κ2) is 5.13. The molecule has 0 bridgehead atoms. The van der Waals surface area contributed by atoms with E-state index < -0.39 is 26.7 Å². The van der Waals surface area contributed by atoms with Crippen LogP contribution in [-0.4, -0.2) is 30.3 Å². The lowest BCUT2D eigenvalue weighted by Gasteiger charge is -2.08. The Morgan fingerprint density at radius 1 is 1.47 bits per heavy atom. The Morgan fingerprint density at radius 3 is 2.59 bits per heavy atom. The average molecular weight is 257 g/mol. The number of nitrogens with two attached hydrogens (primary N) is 1. The van der Waals surface area contributed by atoms with E-state index in [1.165, 1.54) is 26.1 Å². The van der Waals surface area contributed by atoms with Crippen molar-refractivity contribution < 1.29 is 13.2 Å². The van der Waals surface area contributed by atoms with Gasteiger partial charge in [-0.3, -0.25) is 4.79 Å². The number of pyridine rings is 1. The topological polar surface area (TPSA) is 102 Å². The van der Waals surface area contributed by atoms with Gasteiger partial charge < -0.3 is 11.1 Å². The highest BCUT2D eigenvalue weighted by Gasteiger charge is 2.20. The number of nitrogens with zero attached hydrogens (tertiary/aromatic N) is 1. The fourth-order valence-corrected chi connectivity index (χ4v) is 1.80. The lowest BCUT2D eigenvalue weighted by atomic mass is 10.4. The summed E-state index contributed by atoms with van der Waals surface area (Å²) in [6.07, 6.45) is 1.37. The van der Waals surface area contributed by atoms with Gasteiger partial charge in [-0.15, -0.1) is 0 Å². The SMILES string of the molecule is CC(C)S(=O)(=O)CC(=O)Nc1ccc(N)nc1. The molecule has 0 aliphatic rings. The number of sulfone groups is 1. The predicted octanol–water partition coefficient (Wildman–Crippen LogP) is 0.425. The van der Waals surface area contributed by atoms with E-state index in [4.69, 9.17) is 5.73 Å². The molecule has 1 rings (SSSR count). The quantitative estimate of drug-likeness (QED) is 0.814. The highest BCUT2D eigenvalue weighted by Crippen LogP contribution is 2.08. The van der Waals surface area contributed by atoms with E-state index in [0.717, 1.165) is 0 Å². The first kappa shape index (κ1) is 13.4. The Balaban J connectivity index is 2.65. The van der Waals surface area contributed by atoms with Gasteiger partial charge in [0.1, 0.15) is 11.6 Å². The highest BCUT2D eigenvalue weighted by molar-refractivity contribution is 7.92. The summed E-state index contributed by atoms with van der Waals surface area (Å²) in [7, 11) is -3.38. The van der Waals surface area contributed by atoms with E-state index in [9.17, 15) is 13.2 Å². The molecule has 94 valence electrons. The van der Waals surface area contributed by atoms with Crippen LogP contribution in [0.15, 0.2) is 18.3 Å². The molecule has 0 aliphatic heterocycles. The van der Waals surface area contributed by atoms with Gasteiger partial charge in [0.25, 0.3) is 0 Å². The summed E-state index contributed by atoms with van der Waals surface area (Å²) in [5, 5.41) is 1.87. The second-order valence-corrected chi connectivity index (χ2v) is 6.43. The van der Waals surface area contributed by atoms with Crippen molar-refractivity contribution in [2.45, 2.75) is 19.1 Å². The minimum absolute atomic E-state index is 0.331. The number of nitrogens with one attached hydrogen (secondary N) is 1. The van der Waals surface area contributed by atoms with Crippen LogP contribution >= 0.6 is 0 Å². The first-order valence-corrected chi connectivity index (χ1v) is 6.76. The van der Waals surface area contributed by atoms with Crippen LogP contribution in [0.3, 0.4) is 0 Å². The van der Waals surface area contributed by atoms with E-state index in [2.05, 4.69) is 10.3 Å². The van der Waals surface area contributed by atoms with Gasteiger partial charge in [-0.2, -0.15) is 0 Å². The molecule has 0 saturated carbocycles. The third-order valence-corrected chi connectivity index (χ3v) is 4.22. The monoisotopic (exact) mass is 257 g/mol. The standard InChI is InChI=1S/C10H15N3O3S/c1-7(2)17(15,16)6-10(14)13-8-3-4-9(11)12-5-8/h3-5,7H,6H2,1-2H3,(H2,11,12)(H,13,14). The van der Waals surface area contributed by atoms with Crippen molar-refractivity contribution >= 4 is 27.2 Å². The van der Waals surface area contributed by atoms with Gasteiger partial charge in [0.2, 0.25) is 5.91 Å². The molecular formula is C10H15N3O3S. The average Bonchev–Trinajstić information content (AvgIpc) is 2.20. The van der Waals surface area contributed by atoms with Crippen molar-refractivity contribution in [2.75, 3.05) is 16.8 Å². The molecule has 6 nitrogen and oxygen atoms in total. The van der Waals surface area contributed by atoms with Crippen molar-refractivity contribution in [1.82, 2.24) is 4.98 Å². The third-order valence-electron chi connectivity index (χ3n) is 2.12. The molecule has 7 heteroatoms. The van der Waals surface area contributed by atoms with Crippen molar-refractivity contribution in [2.24, 2.45) is 0 Å². The van der Waals surface area contributed by atoms with Gasteiger partial charge in [0, 0.05) is 0 Å². The molecule has 3 N–H and O–H groups in total. The summed E-state index contributed by atoms with van der Waals surface area (Å²) < 4.78 is 23.0. The third kappa shape index (κ3) is 4.03. The molecule has 0 unspecified atom stereocenters. The molecule has 17 heavy (non-hydrogen) atoms. The summed E-state index contributed by atoms with van der Waals surface area (Å²) in [4.78, 5) is 15.2. The summed E-state index contributed by atoms with van der Waals surface area (Å²) in [5.74, 6) is -0.780. The number of aromatic nitrogens is 1. The maximum Gasteiger partial charge on any atom is 0.239 e. The molecule has 1 heterocycles. The summed E-state index contributed by atoms with van der Waals surface area (Å²) >= 11 is 0. The predicted molar refractivity (Wildman–Crippen MR) is 66.2 cm³/mol. The Kier molecular flexibility index (Phi) is 4.06. The van der Waals surface area contributed by atoms with E-state index in [1.54, 1.807) is 6.07 Å². The number of hydrogen-bond acceptors (Lipinski definition) is 5. The second-order valence-electron chi connectivity index (χ2n) is 3.88. The normalized spacial score (nSPS) is 11.5. The van der Waals surface area contributed by atoms with Crippen LogP contribution in [0, 0.1) is 0 Å². The number of hydrogen-bond donors (Lipinski definition) is 2. The van der Waals surface area contributed by atoms with Crippen molar-refractivity contribution in [1.29, 1.82) is 0 Å². The summed E-state index contributed by atoms with van der Waals surface area (Å²) in [6.45, 7) is 3.07. The summed E-state index contributed by atoms with van der Waals surface area (Å²) in [6, 6.07) is 3.08. The fourth-order valence-electron chi connectivity index (χ4n) is 1.03. The molecule has 0 radical (unpaired) electrons. The van der Waals surface area contributed by atoms with E-state index in [1.807, 2.05) is 0 Å². The van der Waals surface area contributed by atoms with Crippen molar-refractivity contribution in [3.8, 4) is 0 Å². The molecule has 0 fully saturated rings. The van der Waals surface area contributed by atoms with Crippen LogP contribution < -0.4 is 11.1 Å². The molecule has 1 aromatic rings. The van der Waals surface area contributed by atoms with Gasteiger partial charge >= 0.3 is 0 Å². The lowest BCUT2D eigenvalue weighted by Crippen LogP contribution is -2.27. The zero-order chi connectivity index (χ0) is 13.1. The Bertz CT molecular complexity index is 494. The highest BCUT2D eigenvalue weighted by atomic mass is 32.2. The molecule has 0 spiro atoms. The zero-order valence-electron chi connectivity index (χ0n) is 9.67. The maximum atomic E-state index is 11.5. The van der Waals surface area contributed by atoms with Crippen LogP contribution in [0.4, 0.5) is 11.5 Å². The minimum Gasteiger partial charge on any atom is -0.384 e. The van der Waals surface area contributed by atoms with Gasteiger partial charge in [-0.1, -0.05) is 0 Å². The number of rotatable bonds is 4. The van der Waals surface area contributed by atoms with Gasteiger partial charge in [-0.25, -0.2) is 13.4 Å². The zero-order valence-corrected chi connectivity index (χ0v) is 10.5. The smallest absolute Gasteiger partial charge is 0.239 e. The fraction of sp³-hybridized carbons (Fsp3) is 0.400. The molecule has 1 amide bonds. The Labute approximate surface area is 100 Å². The van der Waals surface area contributed by atoms with Gasteiger partial charge in [0.15, 0.2) is 9.84 Å². The number of carbonyl (C=O) groups excluding carboxylic acids is 1. The van der Waals surface area contributed by atoms with E-state index >= 15 is 0 Å².